The van der Waals surface area contributed by atoms with Crippen LogP contribution in [0.3, 0.4) is 0 Å². The third kappa shape index (κ3) is 4.21. The molecule has 0 N–H and O–H groups in total. The summed E-state index contributed by atoms with van der Waals surface area (Å²) >= 11 is 6.17. The molecule has 0 saturated carbocycles. The topological polar surface area (TPSA) is 60.2 Å². The van der Waals surface area contributed by atoms with Crippen molar-refractivity contribution in [2.75, 3.05) is 7.11 Å². The van der Waals surface area contributed by atoms with Crippen LogP contribution in [0.4, 0.5) is 0 Å². The van der Waals surface area contributed by atoms with Gasteiger partial charge in [-0.15, -0.1) is 0 Å². The summed E-state index contributed by atoms with van der Waals surface area (Å²) in [4.78, 5) is 18.8. The number of aryl methyl sites for hydroxylation is 1. The number of aromatic nitrogens is 3. The summed E-state index contributed by atoms with van der Waals surface area (Å²) in [5.41, 5.74) is 2.21. The Kier molecular flexibility index (Phi) is 5.53. The van der Waals surface area contributed by atoms with Crippen LogP contribution in [0.5, 0.6) is 5.75 Å². The van der Waals surface area contributed by atoms with Crippen molar-refractivity contribution in [3.63, 3.8) is 0 Å². The second-order valence-corrected chi connectivity index (χ2v) is 6.27. The lowest BCUT2D eigenvalue weighted by Crippen LogP contribution is -2.30. The molecule has 6 nitrogen and oxygen atoms in total. The minimum absolute atomic E-state index is 0.219. The van der Waals surface area contributed by atoms with E-state index in [2.05, 4.69) is 10.1 Å². The van der Waals surface area contributed by atoms with E-state index in [4.69, 9.17) is 16.3 Å². The highest BCUT2D eigenvalue weighted by molar-refractivity contribution is 6.33. The molecule has 7 heteroatoms. The quantitative estimate of drug-likeness (QED) is 0.667. The summed E-state index contributed by atoms with van der Waals surface area (Å²) in [5.74, 6) is 0.553. The van der Waals surface area contributed by atoms with Crippen LogP contribution in [-0.2, 0) is 20.1 Å². The Labute approximate surface area is 157 Å². The van der Waals surface area contributed by atoms with E-state index in [1.165, 1.54) is 4.68 Å². The Morgan fingerprint density at radius 2 is 1.73 bits per heavy atom. The van der Waals surface area contributed by atoms with Crippen molar-refractivity contribution < 1.29 is 9.53 Å². The SMILES string of the molecule is COc1ccc(CN(Cc2ccncc2)C(=O)c2nn(C)cc2Cl)cc1. The highest BCUT2D eigenvalue weighted by Crippen LogP contribution is 2.20. The monoisotopic (exact) mass is 370 g/mol. The molecule has 0 saturated heterocycles. The molecular formula is C19H19ClN4O2. The van der Waals surface area contributed by atoms with Crippen LogP contribution in [0, 0.1) is 0 Å². The number of nitrogens with zero attached hydrogens (tertiary/aromatic N) is 4. The molecule has 0 aliphatic heterocycles. The van der Waals surface area contributed by atoms with Gasteiger partial charge in [-0.1, -0.05) is 23.7 Å². The Morgan fingerprint density at radius 1 is 1.12 bits per heavy atom. The van der Waals surface area contributed by atoms with Gasteiger partial charge in [0, 0.05) is 38.7 Å². The predicted molar refractivity (Wildman–Crippen MR) is 99.0 cm³/mol. The maximum Gasteiger partial charge on any atom is 0.276 e. The number of pyridine rings is 1. The van der Waals surface area contributed by atoms with E-state index in [0.29, 0.717) is 18.1 Å². The molecule has 2 heterocycles. The lowest BCUT2D eigenvalue weighted by atomic mass is 10.1. The van der Waals surface area contributed by atoms with Gasteiger partial charge >= 0.3 is 0 Å². The number of hydrogen-bond donors (Lipinski definition) is 0. The molecule has 0 aliphatic rings. The Morgan fingerprint density at radius 3 is 2.27 bits per heavy atom. The molecule has 2 aromatic heterocycles. The Hall–Kier alpha value is -2.86. The zero-order chi connectivity index (χ0) is 18.5. The minimum atomic E-state index is -0.219. The third-order valence-corrected chi connectivity index (χ3v) is 4.21. The van der Waals surface area contributed by atoms with E-state index >= 15 is 0 Å². The van der Waals surface area contributed by atoms with E-state index in [9.17, 15) is 4.79 Å². The van der Waals surface area contributed by atoms with Crippen LogP contribution in [0.25, 0.3) is 0 Å². The van der Waals surface area contributed by atoms with Gasteiger partial charge in [0.25, 0.3) is 5.91 Å². The number of methoxy groups -OCH3 is 1. The largest absolute Gasteiger partial charge is 0.497 e. The van der Waals surface area contributed by atoms with Crippen LogP contribution in [0.15, 0.2) is 55.0 Å². The Bertz CT molecular complexity index is 878. The summed E-state index contributed by atoms with van der Waals surface area (Å²) in [6.45, 7) is 0.859. The molecule has 0 unspecified atom stereocenters. The predicted octanol–water partition coefficient (Wildman–Crippen LogP) is 3.32. The molecule has 0 spiro atoms. The number of ether oxygens (including phenoxy) is 1. The molecule has 1 aromatic carbocycles. The van der Waals surface area contributed by atoms with Crippen LogP contribution in [0.1, 0.15) is 21.6 Å². The average molecular weight is 371 g/mol. The van der Waals surface area contributed by atoms with Gasteiger partial charge in [0.2, 0.25) is 0 Å². The number of hydrogen-bond acceptors (Lipinski definition) is 4. The number of rotatable bonds is 6. The first kappa shape index (κ1) is 17.9. The molecule has 0 radical (unpaired) electrons. The van der Waals surface area contributed by atoms with E-state index < -0.39 is 0 Å². The van der Waals surface area contributed by atoms with Gasteiger partial charge in [0.15, 0.2) is 5.69 Å². The molecule has 3 aromatic rings. The maximum atomic E-state index is 13.0. The number of amides is 1. The highest BCUT2D eigenvalue weighted by atomic mass is 35.5. The van der Waals surface area contributed by atoms with Gasteiger partial charge in [-0.25, -0.2) is 0 Å². The first-order valence-corrected chi connectivity index (χ1v) is 8.45. The van der Waals surface area contributed by atoms with E-state index in [0.717, 1.165) is 16.9 Å². The second kappa shape index (κ2) is 8.01. The molecule has 26 heavy (non-hydrogen) atoms. The van der Waals surface area contributed by atoms with Gasteiger partial charge in [0.05, 0.1) is 12.1 Å². The molecule has 3 rings (SSSR count). The molecule has 0 bridgehead atoms. The summed E-state index contributed by atoms with van der Waals surface area (Å²) in [6.07, 6.45) is 5.03. The molecule has 134 valence electrons. The van der Waals surface area contributed by atoms with Crippen molar-refractivity contribution in [2.24, 2.45) is 7.05 Å². The molecule has 1 amide bonds. The van der Waals surface area contributed by atoms with Crippen LogP contribution in [0.2, 0.25) is 5.02 Å². The first-order valence-electron chi connectivity index (χ1n) is 8.07. The van der Waals surface area contributed by atoms with Crippen LogP contribution < -0.4 is 4.74 Å². The van der Waals surface area contributed by atoms with Gasteiger partial charge in [0.1, 0.15) is 5.75 Å². The molecule has 0 atom stereocenters. The summed E-state index contributed by atoms with van der Waals surface area (Å²) < 4.78 is 6.72. The van der Waals surface area contributed by atoms with Gasteiger partial charge in [-0.2, -0.15) is 5.10 Å². The van der Waals surface area contributed by atoms with Crippen molar-refractivity contribution in [3.05, 3.63) is 76.8 Å². The smallest absolute Gasteiger partial charge is 0.276 e. The lowest BCUT2D eigenvalue weighted by Gasteiger charge is -2.22. The molecular weight excluding hydrogens is 352 g/mol. The summed E-state index contributed by atoms with van der Waals surface area (Å²) in [6, 6.07) is 11.4. The van der Waals surface area contributed by atoms with E-state index in [-0.39, 0.29) is 11.6 Å². The van der Waals surface area contributed by atoms with Crippen molar-refractivity contribution in [1.29, 1.82) is 0 Å². The van der Waals surface area contributed by atoms with Crippen molar-refractivity contribution in [2.45, 2.75) is 13.1 Å². The average Bonchev–Trinajstić information content (AvgIpc) is 3.00. The minimum Gasteiger partial charge on any atom is -0.497 e. The summed E-state index contributed by atoms with van der Waals surface area (Å²) in [7, 11) is 3.36. The van der Waals surface area contributed by atoms with E-state index in [1.807, 2.05) is 36.4 Å². The third-order valence-electron chi connectivity index (χ3n) is 3.93. The normalized spacial score (nSPS) is 10.6. The number of benzene rings is 1. The van der Waals surface area contributed by atoms with Crippen molar-refractivity contribution in [1.82, 2.24) is 19.7 Å². The number of carbonyl (C=O) groups is 1. The van der Waals surface area contributed by atoms with Crippen molar-refractivity contribution >= 4 is 17.5 Å². The maximum absolute atomic E-state index is 13.0. The van der Waals surface area contributed by atoms with Crippen molar-refractivity contribution in [3.8, 4) is 5.75 Å². The fourth-order valence-electron chi connectivity index (χ4n) is 2.61. The number of halogens is 1. The van der Waals surface area contributed by atoms with Crippen LogP contribution in [-0.4, -0.2) is 32.7 Å². The lowest BCUT2D eigenvalue weighted by molar-refractivity contribution is 0.0723. The fourth-order valence-corrected chi connectivity index (χ4v) is 2.87. The fraction of sp³-hybridized carbons (Fsp3) is 0.211. The van der Waals surface area contributed by atoms with Crippen LogP contribution >= 0.6 is 11.6 Å². The Balaban J connectivity index is 1.87. The number of carbonyl (C=O) groups excluding carboxylic acids is 1. The van der Waals surface area contributed by atoms with Gasteiger partial charge < -0.3 is 9.64 Å². The summed E-state index contributed by atoms with van der Waals surface area (Å²) in [5, 5.41) is 4.54. The molecule has 0 aliphatic carbocycles. The standard InChI is InChI=1S/C19H19ClN4O2/c1-23-13-17(20)18(22-23)19(25)24(12-15-7-9-21-10-8-15)11-14-3-5-16(26-2)6-4-14/h3-10,13H,11-12H2,1-2H3. The first-order chi connectivity index (χ1) is 12.6. The zero-order valence-corrected chi connectivity index (χ0v) is 15.3. The van der Waals surface area contributed by atoms with Gasteiger partial charge in [-0.05, 0) is 35.4 Å². The second-order valence-electron chi connectivity index (χ2n) is 5.86. The van der Waals surface area contributed by atoms with E-state index in [1.54, 1.807) is 37.6 Å². The zero-order valence-electron chi connectivity index (χ0n) is 14.6. The highest BCUT2D eigenvalue weighted by Gasteiger charge is 2.22. The molecule has 0 fully saturated rings. The van der Waals surface area contributed by atoms with Gasteiger partial charge in [-0.3, -0.25) is 14.5 Å².